The van der Waals surface area contributed by atoms with E-state index < -0.39 is 26.5 Å². The fraction of sp³-hybridized carbons (Fsp3) is 0.884. The van der Waals surface area contributed by atoms with Gasteiger partial charge in [-0.3, -0.25) is 14.2 Å². The fourth-order valence-corrected chi connectivity index (χ4v) is 13.6. The zero-order chi connectivity index (χ0) is 69.7. The van der Waals surface area contributed by atoms with Crippen molar-refractivity contribution in [1.29, 1.82) is 0 Å². The Bertz CT molecular complexity index is 1760. The van der Waals surface area contributed by atoms with Gasteiger partial charge in [0, 0.05) is 12.8 Å². The van der Waals surface area contributed by atoms with Crippen LogP contribution in [-0.4, -0.2) is 70.0 Å². The molecule has 2 atom stereocenters. The minimum atomic E-state index is -4.64. The number of unbranched alkanes of at least 4 members (excludes halogenated alkanes) is 58. The Kier molecular flexibility index (Phi) is 75.5. The zero-order valence-electron chi connectivity index (χ0n) is 64.9. The van der Waals surface area contributed by atoms with Gasteiger partial charge in [0.25, 0.3) is 7.82 Å². The van der Waals surface area contributed by atoms with E-state index in [-0.39, 0.29) is 32.0 Å². The molecule has 0 aromatic rings. The van der Waals surface area contributed by atoms with Crippen LogP contribution in [0.15, 0.2) is 48.6 Å². The number of rotatable bonds is 80. The summed E-state index contributed by atoms with van der Waals surface area (Å²) in [4.78, 5) is 38.2. The van der Waals surface area contributed by atoms with Crippen LogP contribution in [0.3, 0.4) is 0 Å². The van der Waals surface area contributed by atoms with E-state index in [4.69, 9.17) is 18.5 Å². The molecule has 0 N–H and O–H groups in total. The van der Waals surface area contributed by atoms with Gasteiger partial charge in [0.05, 0.1) is 27.7 Å². The van der Waals surface area contributed by atoms with E-state index in [1.165, 1.54) is 360 Å². The lowest BCUT2D eigenvalue weighted by Crippen LogP contribution is -2.37. The van der Waals surface area contributed by atoms with Crippen LogP contribution in [0.2, 0.25) is 0 Å². The Morgan fingerprint density at radius 2 is 0.562 bits per heavy atom. The summed E-state index contributed by atoms with van der Waals surface area (Å²) in [5.41, 5.74) is 0. The van der Waals surface area contributed by atoms with Gasteiger partial charge in [0.1, 0.15) is 19.8 Å². The number of hydrogen-bond acceptors (Lipinski definition) is 8. The van der Waals surface area contributed by atoms with Gasteiger partial charge in [0.15, 0.2) is 6.10 Å². The molecule has 0 aromatic heterocycles. The molecule has 0 aliphatic rings. The Hall–Kier alpha value is -2.03. The molecule has 10 heteroatoms. The first-order chi connectivity index (χ1) is 47.0. The summed E-state index contributed by atoms with van der Waals surface area (Å²) in [6, 6.07) is 0. The second-order valence-electron chi connectivity index (χ2n) is 30.2. The molecule has 9 nitrogen and oxygen atoms in total. The van der Waals surface area contributed by atoms with Crippen LogP contribution in [-0.2, 0) is 32.7 Å². The third-order valence-electron chi connectivity index (χ3n) is 19.3. The van der Waals surface area contributed by atoms with Gasteiger partial charge in [-0.25, -0.2) is 0 Å². The number of carbonyl (C=O) groups excluding carboxylic acids is 2. The van der Waals surface area contributed by atoms with E-state index in [0.717, 1.165) is 44.9 Å². The quantitative estimate of drug-likeness (QED) is 0.0195. The Labute approximate surface area is 598 Å². The van der Waals surface area contributed by atoms with Gasteiger partial charge in [-0.2, -0.15) is 0 Å². The zero-order valence-corrected chi connectivity index (χ0v) is 65.7. The van der Waals surface area contributed by atoms with Gasteiger partial charge >= 0.3 is 11.9 Å². The molecule has 0 radical (unpaired) electrons. The van der Waals surface area contributed by atoms with E-state index in [1.807, 2.05) is 21.1 Å². The minimum absolute atomic E-state index is 0.0276. The minimum Gasteiger partial charge on any atom is -0.756 e. The normalized spacial score (nSPS) is 13.2. The van der Waals surface area contributed by atoms with Crippen LogP contribution >= 0.6 is 7.82 Å². The number of phosphoric ester groups is 1. The van der Waals surface area contributed by atoms with Crippen molar-refractivity contribution in [1.82, 2.24) is 0 Å². The number of carbonyl (C=O) groups is 2. The molecule has 0 spiro atoms. The van der Waals surface area contributed by atoms with Gasteiger partial charge < -0.3 is 27.9 Å². The Morgan fingerprint density at radius 1 is 0.323 bits per heavy atom. The number of nitrogens with zero attached hydrogens (tertiary/aromatic N) is 1. The molecular formula is C86H164NO8P. The Morgan fingerprint density at radius 3 is 0.844 bits per heavy atom. The average molecular weight is 1370 g/mol. The summed E-state index contributed by atoms with van der Waals surface area (Å²) in [7, 11) is 1.19. The van der Waals surface area contributed by atoms with Gasteiger partial charge in [-0.1, -0.05) is 396 Å². The summed E-state index contributed by atoms with van der Waals surface area (Å²) in [6.45, 7) is 4.31. The lowest BCUT2D eigenvalue weighted by atomic mass is 10.0. The third-order valence-corrected chi connectivity index (χ3v) is 20.3. The van der Waals surface area contributed by atoms with Crippen molar-refractivity contribution in [2.24, 2.45) is 0 Å². The molecule has 0 bridgehead atoms. The van der Waals surface area contributed by atoms with Crippen LogP contribution < -0.4 is 4.89 Å². The number of likely N-dealkylation sites (N-methyl/N-ethyl adjacent to an activating group) is 1. The molecule has 0 saturated carbocycles. The van der Waals surface area contributed by atoms with Crippen LogP contribution in [0.1, 0.15) is 438 Å². The fourth-order valence-electron chi connectivity index (χ4n) is 12.8. The first-order valence-electron chi connectivity index (χ1n) is 42.3. The first kappa shape index (κ1) is 94.0. The van der Waals surface area contributed by atoms with Crippen molar-refractivity contribution in [3.8, 4) is 0 Å². The maximum absolute atomic E-state index is 12.9. The summed E-state index contributed by atoms with van der Waals surface area (Å²) in [5, 5.41) is 0. The third kappa shape index (κ3) is 80.9. The lowest BCUT2D eigenvalue weighted by molar-refractivity contribution is -0.870. The molecule has 0 fully saturated rings. The van der Waals surface area contributed by atoms with Gasteiger partial charge in [0.2, 0.25) is 0 Å². The highest BCUT2D eigenvalue weighted by Crippen LogP contribution is 2.38. The first-order valence-corrected chi connectivity index (χ1v) is 43.8. The standard InChI is InChI=1S/C86H164NO8P/c1-6-8-10-12-14-16-18-20-22-24-26-28-30-32-34-36-38-40-42-43-45-47-49-51-53-55-57-59-61-63-65-67-69-71-73-75-77-79-86(89)95-84(83-94-96(90,91)93-81-80-87(3,4)5)82-92-85(88)78-76-74-72-70-68-66-64-62-60-58-56-54-52-50-48-46-44-41-39-37-35-33-31-29-27-25-23-21-19-17-15-13-11-9-7-2/h18,20,24-27,30,32,84H,6-17,19,21-23,28-29,31,33-83H2,1-5H3/b20-18-,26-24-,27-25-,32-30-. The highest BCUT2D eigenvalue weighted by molar-refractivity contribution is 7.45. The molecule has 0 aliphatic heterocycles. The molecular weight excluding hydrogens is 1210 g/mol. The predicted molar refractivity (Wildman–Crippen MR) is 416 cm³/mol. The van der Waals surface area contributed by atoms with Crippen molar-refractivity contribution < 1.29 is 42.1 Å². The van der Waals surface area contributed by atoms with Crippen molar-refractivity contribution in [3.05, 3.63) is 48.6 Å². The molecule has 0 saturated heterocycles. The highest BCUT2D eigenvalue weighted by Gasteiger charge is 2.22. The lowest BCUT2D eigenvalue weighted by Gasteiger charge is -2.28. The van der Waals surface area contributed by atoms with Gasteiger partial charge in [-0.05, 0) is 77.0 Å². The number of ether oxygens (including phenoxy) is 2. The van der Waals surface area contributed by atoms with E-state index in [2.05, 4.69) is 62.5 Å². The molecule has 566 valence electrons. The largest absolute Gasteiger partial charge is 0.756 e. The maximum atomic E-state index is 12.9. The number of phosphoric acid groups is 1. The smallest absolute Gasteiger partial charge is 0.306 e. The summed E-state index contributed by atoms with van der Waals surface area (Å²) in [5.74, 6) is -0.807. The van der Waals surface area contributed by atoms with Crippen LogP contribution in [0, 0.1) is 0 Å². The monoisotopic (exact) mass is 1370 g/mol. The van der Waals surface area contributed by atoms with Crippen molar-refractivity contribution in [2.75, 3.05) is 47.5 Å². The summed E-state index contributed by atoms with van der Waals surface area (Å²) >= 11 is 0. The maximum Gasteiger partial charge on any atom is 0.306 e. The van der Waals surface area contributed by atoms with Gasteiger partial charge in [-0.15, -0.1) is 0 Å². The average Bonchev–Trinajstić information content (AvgIpc) is 2.72. The van der Waals surface area contributed by atoms with Crippen molar-refractivity contribution in [3.63, 3.8) is 0 Å². The summed E-state index contributed by atoms with van der Waals surface area (Å²) < 4.78 is 34.5. The summed E-state index contributed by atoms with van der Waals surface area (Å²) in [6.07, 6.45) is 103. The molecule has 0 heterocycles. The second kappa shape index (κ2) is 77.1. The van der Waals surface area contributed by atoms with E-state index >= 15 is 0 Å². The van der Waals surface area contributed by atoms with E-state index in [9.17, 15) is 19.0 Å². The topological polar surface area (TPSA) is 111 Å². The SMILES string of the molecule is CCCCCCC/C=C\C/C=C\C/C=C\CCCCCCCCCCCCCCCCCCCCCCCCC(=O)OC(COC(=O)CCCCCCCCCCCCCCCCCCCCCCCCC/C=C\CCCCCCCCCC)COP(=O)([O-])OCC[N+](C)(C)C. The predicted octanol–water partition coefficient (Wildman–Crippen LogP) is 27.7. The second-order valence-corrected chi connectivity index (χ2v) is 31.6. The van der Waals surface area contributed by atoms with Crippen LogP contribution in [0.4, 0.5) is 0 Å². The molecule has 96 heavy (non-hydrogen) atoms. The number of allylic oxidation sites excluding steroid dienone is 8. The molecule has 0 rings (SSSR count). The van der Waals surface area contributed by atoms with Crippen molar-refractivity contribution >= 4 is 19.8 Å². The number of esters is 2. The number of hydrogen-bond donors (Lipinski definition) is 0. The Balaban J connectivity index is 3.88. The van der Waals surface area contributed by atoms with Crippen LogP contribution in [0.25, 0.3) is 0 Å². The molecule has 0 amide bonds. The molecule has 0 aromatic carbocycles. The van der Waals surface area contributed by atoms with E-state index in [1.54, 1.807) is 0 Å². The van der Waals surface area contributed by atoms with Crippen molar-refractivity contribution in [2.45, 2.75) is 444 Å². The number of quaternary nitrogens is 1. The van der Waals surface area contributed by atoms with Crippen LogP contribution in [0.5, 0.6) is 0 Å². The molecule has 2 unspecified atom stereocenters. The molecule has 0 aliphatic carbocycles. The van der Waals surface area contributed by atoms with E-state index in [0.29, 0.717) is 17.4 Å². The highest BCUT2D eigenvalue weighted by atomic mass is 31.2.